The Bertz CT molecular complexity index is 1330. The molecule has 3 fully saturated rings. The number of aromatic nitrogens is 2. The molecule has 3 aliphatic rings. The number of rotatable bonds is 12. The third-order valence-corrected chi connectivity index (χ3v) is 8.92. The first-order chi connectivity index (χ1) is 20.2. The van der Waals surface area contributed by atoms with E-state index in [2.05, 4.69) is 128 Å². The van der Waals surface area contributed by atoms with Gasteiger partial charge in [-0.25, -0.2) is 9.13 Å². The average Bonchev–Trinajstić information content (AvgIpc) is 3.40. The maximum atomic E-state index is 4.78. The van der Waals surface area contributed by atoms with Crippen LogP contribution in [0.4, 0.5) is 17.3 Å². The van der Waals surface area contributed by atoms with E-state index < -0.39 is 0 Å². The average molecular weight is 550 g/mol. The molecule has 0 radical (unpaired) electrons. The van der Waals surface area contributed by atoms with Gasteiger partial charge in [0, 0.05) is 49.9 Å². The molecule has 7 rings (SSSR count). The zero-order valence-corrected chi connectivity index (χ0v) is 24.4. The van der Waals surface area contributed by atoms with Crippen LogP contribution in [0.2, 0.25) is 0 Å². The lowest BCUT2D eigenvalue weighted by Crippen LogP contribution is -2.67. The van der Waals surface area contributed by atoms with Gasteiger partial charge in [-0.2, -0.15) is 0 Å². The van der Waals surface area contributed by atoms with Crippen LogP contribution in [0.3, 0.4) is 0 Å². The first-order valence-electron chi connectivity index (χ1n) is 15.2. The van der Waals surface area contributed by atoms with Crippen molar-refractivity contribution in [2.75, 3.05) is 63.8 Å². The van der Waals surface area contributed by atoms with E-state index in [0.29, 0.717) is 0 Å². The normalized spacial score (nSPS) is 20.1. The fraction of sp³-hybridized carbons (Fsp3) is 0.382. The number of hydrogen-bond donors (Lipinski definition) is 0. The van der Waals surface area contributed by atoms with E-state index >= 15 is 0 Å². The molecule has 3 aliphatic heterocycles. The van der Waals surface area contributed by atoms with Crippen LogP contribution in [-0.2, 0) is 13.1 Å². The van der Waals surface area contributed by atoms with Crippen LogP contribution >= 0.6 is 0 Å². The van der Waals surface area contributed by atoms with Crippen molar-refractivity contribution in [3.05, 3.63) is 108 Å². The molecule has 0 amide bonds. The minimum atomic E-state index is 0.750. The summed E-state index contributed by atoms with van der Waals surface area (Å²) in [4.78, 5) is 5.12. The Balaban J connectivity index is 1.13. The van der Waals surface area contributed by atoms with Gasteiger partial charge in [0.1, 0.15) is 5.69 Å². The molecule has 4 aromatic rings. The van der Waals surface area contributed by atoms with E-state index in [1.165, 1.54) is 73.5 Å². The lowest BCUT2D eigenvalue weighted by molar-refractivity contribution is -0.941. The van der Waals surface area contributed by atoms with Gasteiger partial charge in [0.15, 0.2) is 0 Å². The van der Waals surface area contributed by atoms with Crippen LogP contribution in [0.15, 0.2) is 108 Å². The fourth-order valence-corrected chi connectivity index (χ4v) is 6.35. The second-order valence-corrected chi connectivity index (χ2v) is 11.6. The molecular formula is C34H43N7+2. The molecule has 3 aromatic carbocycles. The number of imidazole rings is 1. The molecular weight excluding hydrogens is 506 g/mol. The minimum absolute atomic E-state index is 0.750. The van der Waals surface area contributed by atoms with Crippen LogP contribution in [0.5, 0.6) is 0 Å². The molecule has 4 heterocycles. The largest absolute Gasteiger partial charge is 0.422 e. The Morgan fingerprint density at radius 1 is 0.805 bits per heavy atom. The molecule has 7 heteroatoms. The molecule has 2 bridgehead atoms. The topological polar surface area (TPSA) is 40.0 Å². The number of azo groups is 1. The third-order valence-electron chi connectivity index (χ3n) is 8.92. The molecule has 41 heavy (non-hydrogen) atoms. The quantitative estimate of drug-likeness (QED) is 0.130. The highest BCUT2D eigenvalue weighted by molar-refractivity contribution is 5.52. The highest BCUT2D eigenvalue weighted by Crippen LogP contribution is 2.24. The van der Waals surface area contributed by atoms with Crippen LogP contribution in [0.1, 0.15) is 24.5 Å². The van der Waals surface area contributed by atoms with Crippen LogP contribution in [-0.4, -0.2) is 72.9 Å². The smallest absolute Gasteiger partial charge is 0.372 e. The highest BCUT2D eigenvalue weighted by atomic mass is 15.5. The minimum Gasteiger partial charge on any atom is -0.372 e. The first-order valence-corrected chi connectivity index (χ1v) is 15.2. The summed E-state index contributed by atoms with van der Waals surface area (Å²) in [6, 6.07) is 29.6. The number of nitrogens with zero attached hydrogens (tertiary/aromatic N) is 7. The Labute approximate surface area is 244 Å². The summed E-state index contributed by atoms with van der Waals surface area (Å²) < 4.78 is 5.68. The number of hydrogen-bond acceptors (Lipinski definition) is 4. The van der Waals surface area contributed by atoms with Crippen molar-refractivity contribution in [3.63, 3.8) is 0 Å². The summed E-state index contributed by atoms with van der Waals surface area (Å²) in [5, 5.41) is 9.46. The lowest BCUT2D eigenvalue weighted by atomic mass is 10.1. The third kappa shape index (κ3) is 6.75. The SMILES string of the molecule is CCN(CCC[N+]12CCN(CC1)CC2)c1ccc(N=Nc2n(Cc3ccccc3)cc[n+]2Cc2ccccc2)cc1. The Morgan fingerprint density at radius 2 is 1.46 bits per heavy atom. The molecule has 0 aliphatic carbocycles. The van der Waals surface area contributed by atoms with E-state index in [0.717, 1.165) is 37.8 Å². The Kier molecular flexibility index (Phi) is 8.54. The van der Waals surface area contributed by atoms with Crippen molar-refractivity contribution < 1.29 is 9.05 Å². The van der Waals surface area contributed by atoms with Gasteiger partial charge >= 0.3 is 5.95 Å². The molecule has 7 nitrogen and oxygen atoms in total. The number of piperazine rings is 3. The molecule has 0 spiro atoms. The maximum Gasteiger partial charge on any atom is 0.422 e. The highest BCUT2D eigenvalue weighted by Gasteiger charge is 2.37. The van der Waals surface area contributed by atoms with Crippen molar-refractivity contribution in [2.45, 2.75) is 26.4 Å². The van der Waals surface area contributed by atoms with E-state index in [-0.39, 0.29) is 0 Å². The molecule has 1 aromatic heterocycles. The molecule has 0 unspecified atom stereocenters. The molecule has 0 saturated carbocycles. The predicted octanol–water partition coefficient (Wildman–Crippen LogP) is 5.65. The van der Waals surface area contributed by atoms with Crippen molar-refractivity contribution in [1.29, 1.82) is 0 Å². The monoisotopic (exact) mass is 549 g/mol. The van der Waals surface area contributed by atoms with Crippen molar-refractivity contribution >= 4 is 17.3 Å². The summed E-state index contributed by atoms with van der Waals surface area (Å²) in [5.41, 5.74) is 4.61. The summed E-state index contributed by atoms with van der Waals surface area (Å²) in [7, 11) is 0. The van der Waals surface area contributed by atoms with E-state index in [1.54, 1.807) is 0 Å². The zero-order valence-electron chi connectivity index (χ0n) is 24.4. The van der Waals surface area contributed by atoms with E-state index in [9.17, 15) is 0 Å². The summed E-state index contributed by atoms with van der Waals surface area (Å²) >= 11 is 0. The Morgan fingerprint density at radius 3 is 2.12 bits per heavy atom. The number of anilines is 1. The van der Waals surface area contributed by atoms with Gasteiger partial charge in [-0.3, -0.25) is 4.90 Å². The van der Waals surface area contributed by atoms with Crippen molar-refractivity contribution in [2.24, 2.45) is 10.2 Å². The summed E-state index contributed by atoms with van der Waals surface area (Å²) in [6.07, 6.45) is 5.44. The predicted molar refractivity (Wildman–Crippen MR) is 165 cm³/mol. The van der Waals surface area contributed by atoms with Gasteiger partial charge < -0.3 is 9.38 Å². The number of benzene rings is 3. The molecule has 3 saturated heterocycles. The number of fused-ring (bicyclic) bond motifs is 3. The van der Waals surface area contributed by atoms with Gasteiger partial charge in [0.05, 0.1) is 51.7 Å². The van der Waals surface area contributed by atoms with Crippen LogP contribution in [0.25, 0.3) is 0 Å². The zero-order chi connectivity index (χ0) is 27.9. The Hall–Kier alpha value is -3.81. The summed E-state index contributed by atoms with van der Waals surface area (Å²) in [6.45, 7) is 15.1. The van der Waals surface area contributed by atoms with Crippen LogP contribution < -0.4 is 9.47 Å². The van der Waals surface area contributed by atoms with Gasteiger partial charge in [-0.1, -0.05) is 65.8 Å². The van der Waals surface area contributed by atoms with Crippen molar-refractivity contribution in [3.8, 4) is 0 Å². The standard InChI is InChI=1S/C34H43N7/c1-2-38(18-9-24-41-25-21-37(22-26-41)23-27-41)33-16-14-32(15-17-33)35-36-34-39(28-30-10-5-3-6-11-30)19-20-40(34)29-31-12-7-4-8-13-31/h3-8,10-17,19-20H,2,9,18,21-29H2,1H3/q+2. The molecule has 0 atom stereocenters. The fourth-order valence-electron chi connectivity index (χ4n) is 6.35. The van der Waals surface area contributed by atoms with Crippen LogP contribution in [0, 0.1) is 0 Å². The van der Waals surface area contributed by atoms with Gasteiger partial charge in [-0.15, -0.1) is 0 Å². The second kappa shape index (κ2) is 12.8. The number of quaternary nitrogens is 1. The van der Waals surface area contributed by atoms with Gasteiger partial charge in [0.25, 0.3) is 0 Å². The van der Waals surface area contributed by atoms with Gasteiger partial charge in [0.2, 0.25) is 0 Å². The molecule has 0 N–H and O–H groups in total. The van der Waals surface area contributed by atoms with Gasteiger partial charge in [-0.05, 0) is 42.3 Å². The first kappa shape index (κ1) is 27.4. The van der Waals surface area contributed by atoms with E-state index in [1.807, 2.05) is 0 Å². The summed E-state index contributed by atoms with van der Waals surface area (Å²) in [5.74, 6) is 0.836. The molecule has 212 valence electrons. The lowest BCUT2D eigenvalue weighted by Gasteiger charge is -2.50. The van der Waals surface area contributed by atoms with Crippen molar-refractivity contribution in [1.82, 2.24) is 9.47 Å². The van der Waals surface area contributed by atoms with E-state index in [4.69, 9.17) is 5.11 Å². The maximum absolute atomic E-state index is 4.78. The second-order valence-electron chi connectivity index (χ2n) is 11.6.